The van der Waals surface area contributed by atoms with Crippen molar-refractivity contribution in [2.24, 2.45) is 0 Å². The smallest absolute Gasteiger partial charge is 0.248 e. The molecule has 8 heteroatoms. The van der Waals surface area contributed by atoms with E-state index >= 15 is 0 Å². The zero-order valence-corrected chi connectivity index (χ0v) is 17.4. The molecule has 0 heterocycles. The lowest BCUT2D eigenvalue weighted by Gasteiger charge is -2.16. The molecule has 150 valence electrons. The first-order chi connectivity index (χ1) is 13.2. The molecule has 28 heavy (non-hydrogen) atoms. The summed E-state index contributed by atoms with van der Waals surface area (Å²) in [5, 5.41) is 2.80. The van der Waals surface area contributed by atoms with Gasteiger partial charge in [0, 0.05) is 31.5 Å². The second-order valence-electron chi connectivity index (χ2n) is 6.34. The van der Waals surface area contributed by atoms with Gasteiger partial charge < -0.3 is 15.0 Å². The Kier molecular flexibility index (Phi) is 6.82. The van der Waals surface area contributed by atoms with Crippen molar-refractivity contribution in [2.75, 3.05) is 38.5 Å². The van der Waals surface area contributed by atoms with E-state index in [1.54, 1.807) is 18.2 Å². The minimum atomic E-state index is -3.68. The zero-order chi connectivity index (χ0) is 20.9. The van der Waals surface area contributed by atoms with Crippen LogP contribution in [0.4, 0.5) is 11.4 Å². The fraction of sp³-hybridized carbons (Fsp3) is 0.250. The molecule has 0 bridgehead atoms. The number of amides is 1. The molecule has 0 saturated heterocycles. The normalized spacial score (nSPS) is 11.5. The molecule has 2 aromatic carbocycles. The molecular formula is C20H25N3O4S. The summed E-state index contributed by atoms with van der Waals surface area (Å²) in [6, 6.07) is 10.3. The van der Waals surface area contributed by atoms with E-state index in [-0.39, 0.29) is 16.6 Å². The topological polar surface area (TPSA) is 87.7 Å². The Morgan fingerprint density at radius 2 is 1.86 bits per heavy atom. The molecule has 0 aliphatic carbocycles. The van der Waals surface area contributed by atoms with E-state index in [1.807, 2.05) is 44.1 Å². The van der Waals surface area contributed by atoms with Crippen molar-refractivity contribution in [2.45, 2.75) is 11.8 Å². The van der Waals surface area contributed by atoms with Crippen LogP contribution in [-0.4, -0.2) is 42.6 Å². The molecular weight excluding hydrogens is 378 g/mol. The molecule has 1 amide bonds. The van der Waals surface area contributed by atoms with Crippen LogP contribution in [0.25, 0.3) is 6.08 Å². The Morgan fingerprint density at radius 1 is 1.14 bits per heavy atom. The molecule has 2 aromatic rings. The van der Waals surface area contributed by atoms with Crippen LogP contribution in [0.5, 0.6) is 5.75 Å². The number of sulfonamides is 1. The van der Waals surface area contributed by atoms with E-state index in [1.165, 1.54) is 26.3 Å². The van der Waals surface area contributed by atoms with Crippen molar-refractivity contribution in [1.29, 1.82) is 0 Å². The van der Waals surface area contributed by atoms with Gasteiger partial charge in [-0.2, -0.15) is 0 Å². The zero-order valence-electron chi connectivity index (χ0n) is 16.6. The number of methoxy groups -OCH3 is 1. The number of rotatable bonds is 7. The lowest BCUT2D eigenvalue weighted by atomic mass is 10.1. The highest BCUT2D eigenvalue weighted by atomic mass is 32.2. The maximum Gasteiger partial charge on any atom is 0.248 e. The Morgan fingerprint density at radius 3 is 2.43 bits per heavy atom. The Labute approximate surface area is 166 Å². The third kappa shape index (κ3) is 5.11. The van der Waals surface area contributed by atoms with E-state index < -0.39 is 10.0 Å². The van der Waals surface area contributed by atoms with Gasteiger partial charge in [0.1, 0.15) is 10.6 Å². The van der Waals surface area contributed by atoms with Gasteiger partial charge in [-0.3, -0.25) is 4.79 Å². The Hall–Kier alpha value is -2.84. The largest absolute Gasteiger partial charge is 0.495 e. The van der Waals surface area contributed by atoms with Crippen LogP contribution in [0.1, 0.15) is 11.1 Å². The van der Waals surface area contributed by atoms with Crippen LogP contribution >= 0.6 is 0 Å². The highest BCUT2D eigenvalue weighted by Gasteiger charge is 2.17. The molecule has 2 N–H and O–H groups in total. The number of nitrogens with one attached hydrogen (secondary N) is 2. The summed E-state index contributed by atoms with van der Waals surface area (Å²) >= 11 is 0. The molecule has 0 aliphatic heterocycles. The second-order valence-corrected chi connectivity index (χ2v) is 8.19. The van der Waals surface area contributed by atoms with Crippen LogP contribution in [0.3, 0.4) is 0 Å². The molecule has 0 fully saturated rings. The molecule has 2 rings (SSSR count). The predicted molar refractivity (Wildman–Crippen MR) is 112 cm³/mol. The summed E-state index contributed by atoms with van der Waals surface area (Å²) in [5.41, 5.74) is 3.36. The van der Waals surface area contributed by atoms with E-state index in [9.17, 15) is 13.2 Å². The first-order valence-electron chi connectivity index (χ1n) is 8.56. The van der Waals surface area contributed by atoms with E-state index in [4.69, 9.17) is 4.74 Å². The van der Waals surface area contributed by atoms with Crippen molar-refractivity contribution < 1.29 is 17.9 Å². The van der Waals surface area contributed by atoms with Crippen LogP contribution in [0.15, 0.2) is 47.4 Å². The van der Waals surface area contributed by atoms with Gasteiger partial charge >= 0.3 is 0 Å². The number of benzene rings is 2. The quantitative estimate of drug-likeness (QED) is 0.694. The number of ether oxygens (including phenoxy) is 1. The van der Waals surface area contributed by atoms with Gasteiger partial charge in [-0.05, 0) is 61.5 Å². The third-order valence-corrected chi connectivity index (χ3v) is 5.55. The standard InChI is InChI=1S/C20H25N3O4S/c1-14-12-16(8-9-17(14)23(3)4)22-20(24)11-7-15-6-10-18(27-5)19(13-15)28(25,26)21-2/h6-13,21H,1-5H3,(H,22,24)/b11-7+. The second kappa shape index (κ2) is 8.90. The predicted octanol–water partition coefficient (Wildman–Crippen LogP) is 2.63. The van der Waals surface area contributed by atoms with Gasteiger partial charge in [0.15, 0.2) is 0 Å². The summed E-state index contributed by atoms with van der Waals surface area (Å²) in [6.07, 6.45) is 2.90. The maximum absolute atomic E-state index is 12.2. The molecule has 0 unspecified atom stereocenters. The Balaban J connectivity index is 2.18. The molecule has 0 saturated carbocycles. The molecule has 0 spiro atoms. The lowest BCUT2D eigenvalue weighted by molar-refractivity contribution is -0.111. The summed E-state index contributed by atoms with van der Waals surface area (Å²) in [7, 11) is 2.97. The van der Waals surface area contributed by atoms with Crippen LogP contribution < -0.4 is 19.7 Å². The summed E-state index contributed by atoms with van der Waals surface area (Å²) in [6.45, 7) is 1.97. The van der Waals surface area contributed by atoms with Crippen molar-refractivity contribution in [1.82, 2.24) is 4.72 Å². The van der Waals surface area contributed by atoms with E-state index in [2.05, 4.69) is 10.0 Å². The molecule has 0 atom stereocenters. The molecule has 0 radical (unpaired) electrons. The monoisotopic (exact) mass is 403 g/mol. The van der Waals surface area contributed by atoms with Crippen molar-refractivity contribution >= 4 is 33.4 Å². The number of carbonyl (C=O) groups is 1. The maximum atomic E-state index is 12.2. The number of hydrogen-bond acceptors (Lipinski definition) is 5. The fourth-order valence-corrected chi connectivity index (χ4v) is 3.64. The highest BCUT2D eigenvalue weighted by Crippen LogP contribution is 2.25. The van der Waals surface area contributed by atoms with Gasteiger partial charge in [-0.1, -0.05) is 6.07 Å². The van der Waals surface area contributed by atoms with Crippen LogP contribution in [0, 0.1) is 6.92 Å². The average Bonchev–Trinajstić information content (AvgIpc) is 2.65. The highest BCUT2D eigenvalue weighted by molar-refractivity contribution is 7.89. The number of nitrogens with zero attached hydrogens (tertiary/aromatic N) is 1. The van der Waals surface area contributed by atoms with Crippen LogP contribution in [0.2, 0.25) is 0 Å². The summed E-state index contributed by atoms with van der Waals surface area (Å²) in [4.78, 5) is 14.2. The molecule has 0 aromatic heterocycles. The third-order valence-electron chi connectivity index (χ3n) is 4.12. The van der Waals surface area contributed by atoms with Gasteiger partial charge in [-0.25, -0.2) is 13.1 Å². The van der Waals surface area contributed by atoms with Crippen molar-refractivity contribution in [3.8, 4) is 5.75 Å². The first kappa shape index (κ1) is 21.5. The number of carbonyl (C=O) groups excluding carboxylic acids is 1. The molecule has 7 nitrogen and oxygen atoms in total. The lowest BCUT2D eigenvalue weighted by Crippen LogP contribution is -2.19. The minimum absolute atomic E-state index is 0.00922. The van der Waals surface area contributed by atoms with Gasteiger partial charge in [0.25, 0.3) is 0 Å². The molecule has 0 aliphatic rings. The number of hydrogen-bond donors (Lipinski definition) is 2. The minimum Gasteiger partial charge on any atom is -0.495 e. The first-order valence-corrected chi connectivity index (χ1v) is 10.0. The average molecular weight is 404 g/mol. The number of aryl methyl sites for hydroxylation is 1. The van der Waals surface area contributed by atoms with Gasteiger partial charge in [-0.15, -0.1) is 0 Å². The number of anilines is 2. The van der Waals surface area contributed by atoms with Crippen molar-refractivity contribution in [3.05, 3.63) is 53.6 Å². The van der Waals surface area contributed by atoms with Crippen LogP contribution in [-0.2, 0) is 14.8 Å². The summed E-state index contributed by atoms with van der Waals surface area (Å²) < 4.78 is 31.6. The van der Waals surface area contributed by atoms with E-state index in [0.29, 0.717) is 11.3 Å². The van der Waals surface area contributed by atoms with E-state index in [0.717, 1.165) is 11.3 Å². The Bertz CT molecular complexity index is 999. The summed E-state index contributed by atoms with van der Waals surface area (Å²) in [5.74, 6) is -0.0850. The fourth-order valence-electron chi connectivity index (χ4n) is 2.71. The van der Waals surface area contributed by atoms with Crippen molar-refractivity contribution in [3.63, 3.8) is 0 Å². The van der Waals surface area contributed by atoms with Gasteiger partial charge in [0.2, 0.25) is 15.9 Å². The van der Waals surface area contributed by atoms with Gasteiger partial charge in [0.05, 0.1) is 7.11 Å². The SMILES string of the molecule is CNS(=O)(=O)c1cc(/C=C/C(=O)Nc2ccc(N(C)C)c(C)c2)ccc1OC.